The Bertz CT molecular complexity index is 345. The molecule has 0 saturated carbocycles. The molecule has 0 spiro atoms. The molecule has 0 bridgehead atoms. The Morgan fingerprint density at radius 2 is 1.56 bits per heavy atom. The smallest absolute Gasteiger partial charge is 0.0345 e. The number of likely N-dealkylation sites (tertiary alicyclic amines) is 1. The van der Waals surface area contributed by atoms with Crippen LogP contribution < -0.4 is 5.32 Å². The predicted molar refractivity (Wildman–Crippen MR) is 79.3 cm³/mol. The van der Waals surface area contributed by atoms with Crippen LogP contribution in [-0.4, -0.2) is 31.1 Å². The number of hydrogen-bond donors (Lipinski definition) is 1. The molecule has 1 aliphatic heterocycles. The van der Waals surface area contributed by atoms with Crippen molar-refractivity contribution < 1.29 is 0 Å². The fourth-order valence-electron chi connectivity index (χ4n) is 2.79. The van der Waals surface area contributed by atoms with E-state index in [-0.39, 0.29) is 0 Å². The normalized spacial score (nSPS) is 17.4. The number of benzene rings is 1. The van der Waals surface area contributed by atoms with E-state index < -0.39 is 0 Å². The predicted octanol–water partition coefficient (Wildman–Crippen LogP) is 3.59. The maximum atomic E-state index is 3.55. The number of aryl methyl sites for hydroxylation is 2. The van der Waals surface area contributed by atoms with E-state index in [1.807, 2.05) is 0 Å². The molecule has 0 aromatic heterocycles. The third-order valence-corrected chi connectivity index (χ3v) is 3.68. The van der Waals surface area contributed by atoms with Crippen LogP contribution in [0.15, 0.2) is 18.2 Å². The van der Waals surface area contributed by atoms with Crippen LogP contribution in [0, 0.1) is 13.8 Å². The number of nitrogens with one attached hydrogen (secondary N) is 1. The van der Waals surface area contributed by atoms with Crippen LogP contribution in [0.3, 0.4) is 0 Å². The molecule has 1 N–H and O–H groups in total. The van der Waals surface area contributed by atoms with Crippen molar-refractivity contribution in [1.82, 2.24) is 4.90 Å². The molecule has 2 heteroatoms. The van der Waals surface area contributed by atoms with Crippen LogP contribution in [0.25, 0.3) is 0 Å². The third kappa shape index (κ3) is 4.34. The van der Waals surface area contributed by atoms with Crippen molar-refractivity contribution in [3.05, 3.63) is 29.3 Å². The molecule has 0 aliphatic carbocycles. The summed E-state index contributed by atoms with van der Waals surface area (Å²) in [6.07, 6.45) is 5.59. The fourth-order valence-corrected chi connectivity index (χ4v) is 2.79. The standard InChI is InChI=1S/C16H26N2/c1-14-11-15(2)13-16(12-14)17-7-10-18-8-5-3-4-6-9-18/h11-13,17H,3-10H2,1-2H3. The maximum Gasteiger partial charge on any atom is 0.0345 e. The Hall–Kier alpha value is -1.02. The molecule has 2 nitrogen and oxygen atoms in total. The Kier molecular flexibility index (Phi) is 5.06. The van der Waals surface area contributed by atoms with E-state index >= 15 is 0 Å². The van der Waals surface area contributed by atoms with Crippen molar-refractivity contribution >= 4 is 5.69 Å². The topological polar surface area (TPSA) is 15.3 Å². The van der Waals surface area contributed by atoms with Crippen molar-refractivity contribution in [2.24, 2.45) is 0 Å². The van der Waals surface area contributed by atoms with Crippen LogP contribution in [0.1, 0.15) is 36.8 Å². The minimum Gasteiger partial charge on any atom is -0.384 e. The second-order valence-corrected chi connectivity index (χ2v) is 5.56. The molecule has 0 amide bonds. The van der Waals surface area contributed by atoms with E-state index in [0.29, 0.717) is 0 Å². The summed E-state index contributed by atoms with van der Waals surface area (Å²) < 4.78 is 0. The second kappa shape index (κ2) is 6.79. The van der Waals surface area contributed by atoms with E-state index in [0.717, 1.165) is 6.54 Å². The number of rotatable bonds is 4. The molecule has 0 atom stereocenters. The van der Waals surface area contributed by atoms with Gasteiger partial charge in [0, 0.05) is 18.8 Å². The summed E-state index contributed by atoms with van der Waals surface area (Å²) in [7, 11) is 0. The van der Waals surface area contributed by atoms with E-state index in [1.54, 1.807) is 0 Å². The first-order valence-electron chi connectivity index (χ1n) is 7.28. The summed E-state index contributed by atoms with van der Waals surface area (Å²) in [5.74, 6) is 0. The zero-order valence-corrected chi connectivity index (χ0v) is 11.8. The van der Waals surface area contributed by atoms with Gasteiger partial charge in [-0.3, -0.25) is 0 Å². The van der Waals surface area contributed by atoms with Crippen LogP contribution >= 0.6 is 0 Å². The molecule has 0 unspecified atom stereocenters. The van der Waals surface area contributed by atoms with Gasteiger partial charge >= 0.3 is 0 Å². The summed E-state index contributed by atoms with van der Waals surface area (Å²) in [6, 6.07) is 6.69. The average molecular weight is 246 g/mol. The minimum absolute atomic E-state index is 1.06. The van der Waals surface area contributed by atoms with Gasteiger partial charge in [-0.25, -0.2) is 0 Å². The average Bonchev–Trinajstić information content (AvgIpc) is 2.56. The zero-order valence-electron chi connectivity index (χ0n) is 11.8. The molecular formula is C16H26N2. The molecule has 1 aromatic rings. The number of nitrogens with zero attached hydrogens (tertiary/aromatic N) is 1. The first kappa shape index (κ1) is 13.4. The van der Waals surface area contributed by atoms with E-state index in [2.05, 4.69) is 42.3 Å². The first-order valence-corrected chi connectivity index (χ1v) is 7.28. The maximum absolute atomic E-state index is 3.55. The summed E-state index contributed by atoms with van der Waals surface area (Å²) in [4.78, 5) is 2.60. The molecule has 18 heavy (non-hydrogen) atoms. The van der Waals surface area contributed by atoms with Crippen molar-refractivity contribution in [1.29, 1.82) is 0 Å². The monoisotopic (exact) mass is 246 g/mol. The summed E-state index contributed by atoms with van der Waals surface area (Å²) in [6.45, 7) is 9.12. The molecule has 1 fully saturated rings. The number of anilines is 1. The quantitative estimate of drug-likeness (QED) is 0.873. The van der Waals surface area contributed by atoms with Crippen LogP contribution in [0.4, 0.5) is 5.69 Å². The van der Waals surface area contributed by atoms with Gasteiger partial charge in [0.2, 0.25) is 0 Å². The van der Waals surface area contributed by atoms with Gasteiger partial charge in [-0.1, -0.05) is 18.9 Å². The fraction of sp³-hybridized carbons (Fsp3) is 0.625. The lowest BCUT2D eigenvalue weighted by Crippen LogP contribution is -2.29. The molecule has 2 rings (SSSR count). The minimum atomic E-state index is 1.06. The molecular weight excluding hydrogens is 220 g/mol. The van der Waals surface area contributed by atoms with Gasteiger partial charge < -0.3 is 10.2 Å². The van der Waals surface area contributed by atoms with E-state index in [1.165, 1.54) is 62.1 Å². The number of hydrogen-bond acceptors (Lipinski definition) is 2. The highest BCUT2D eigenvalue weighted by Crippen LogP contribution is 2.14. The highest BCUT2D eigenvalue weighted by Gasteiger charge is 2.07. The molecule has 1 saturated heterocycles. The SMILES string of the molecule is Cc1cc(C)cc(NCCN2CCCCCC2)c1. The van der Waals surface area contributed by atoms with Gasteiger partial charge in [0.05, 0.1) is 0 Å². The lowest BCUT2D eigenvalue weighted by Gasteiger charge is -2.20. The van der Waals surface area contributed by atoms with E-state index in [9.17, 15) is 0 Å². The molecule has 100 valence electrons. The summed E-state index contributed by atoms with van der Waals surface area (Å²) in [5, 5.41) is 3.55. The highest BCUT2D eigenvalue weighted by atomic mass is 15.1. The van der Waals surface area contributed by atoms with Crippen LogP contribution in [-0.2, 0) is 0 Å². The van der Waals surface area contributed by atoms with Crippen molar-refractivity contribution in [2.75, 3.05) is 31.5 Å². The van der Waals surface area contributed by atoms with Crippen LogP contribution in [0.5, 0.6) is 0 Å². The zero-order chi connectivity index (χ0) is 12.8. The van der Waals surface area contributed by atoms with Crippen molar-refractivity contribution in [3.63, 3.8) is 0 Å². The Balaban J connectivity index is 1.77. The lowest BCUT2D eigenvalue weighted by molar-refractivity contribution is 0.296. The Labute approximate surface area is 111 Å². The summed E-state index contributed by atoms with van der Waals surface area (Å²) in [5.41, 5.74) is 3.95. The molecule has 0 radical (unpaired) electrons. The second-order valence-electron chi connectivity index (χ2n) is 5.56. The van der Waals surface area contributed by atoms with E-state index in [4.69, 9.17) is 0 Å². The van der Waals surface area contributed by atoms with Crippen molar-refractivity contribution in [2.45, 2.75) is 39.5 Å². The van der Waals surface area contributed by atoms with Crippen molar-refractivity contribution in [3.8, 4) is 0 Å². The molecule has 1 aliphatic rings. The first-order chi connectivity index (χ1) is 8.74. The molecule has 1 heterocycles. The van der Waals surface area contributed by atoms with Gasteiger partial charge in [-0.2, -0.15) is 0 Å². The van der Waals surface area contributed by atoms with Gasteiger partial charge in [0.25, 0.3) is 0 Å². The highest BCUT2D eigenvalue weighted by molar-refractivity contribution is 5.48. The Morgan fingerprint density at radius 3 is 2.17 bits per heavy atom. The summed E-state index contributed by atoms with van der Waals surface area (Å²) >= 11 is 0. The lowest BCUT2D eigenvalue weighted by atomic mass is 10.1. The van der Waals surface area contributed by atoms with Gasteiger partial charge in [-0.15, -0.1) is 0 Å². The van der Waals surface area contributed by atoms with Gasteiger partial charge in [0.15, 0.2) is 0 Å². The van der Waals surface area contributed by atoms with Gasteiger partial charge in [0.1, 0.15) is 0 Å². The van der Waals surface area contributed by atoms with Gasteiger partial charge in [-0.05, 0) is 63.0 Å². The van der Waals surface area contributed by atoms with Crippen LogP contribution in [0.2, 0.25) is 0 Å². The third-order valence-electron chi connectivity index (χ3n) is 3.68. The largest absolute Gasteiger partial charge is 0.384 e. The Morgan fingerprint density at radius 1 is 0.944 bits per heavy atom. The molecule has 1 aromatic carbocycles.